The number of nitrogens with zero attached hydrogens (tertiary/aromatic N) is 3. The third-order valence-electron chi connectivity index (χ3n) is 2.46. The van der Waals surface area contributed by atoms with E-state index in [0.29, 0.717) is 17.8 Å². The number of rotatable bonds is 1. The lowest BCUT2D eigenvalue weighted by atomic mass is 10.1. The van der Waals surface area contributed by atoms with E-state index in [2.05, 4.69) is 32.5 Å². The molecule has 0 saturated heterocycles. The normalized spacial score (nSPS) is 34.4. The molecule has 0 fully saturated rings. The smallest absolute Gasteiger partial charge is 0.200 e. The molecule has 15 heavy (non-hydrogen) atoms. The number of aliphatic imine (C=N–C) groups is 3. The van der Waals surface area contributed by atoms with Gasteiger partial charge in [-0.25, -0.2) is 9.98 Å². The second-order valence-corrected chi connectivity index (χ2v) is 3.91. The van der Waals surface area contributed by atoms with Crippen molar-refractivity contribution in [1.29, 1.82) is 0 Å². The number of nitrogens with one attached hydrogen (secondary N) is 2. The van der Waals surface area contributed by atoms with Crippen molar-refractivity contribution >= 4 is 18.1 Å². The molecule has 2 rings (SSSR count). The average molecular weight is 208 g/mol. The highest BCUT2D eigenvalue weighted by molar-refractivity contribution is 6.00. The zero-order chi connectivity index (χ0) is 10.8. The van der Waals surface area contributed by atoms with E-state index < -0.39 is 0 Å². The number of guanidine groups is 2. The first-order valence-corrected chi connectivity index (χ1v) is 5.10. The maximum atomic E-state index is 5.61. The average Bonchev–Trinajstić information content (AvgIpc) is 2.50. The monoisotopic (exact) mass is 208 g/mol. The van der Waals surface area contributed by atoms with Crippen molar-refractivity contribution in [3.8, 4) is 0 Å². The zero-order valence-electron chi connectivity index (χ0n) is 8.94. The van der Waals surface area contributed by atoms with Crippen LogP contribution in [-0.2, 0) is 0 Å². The van der Waals surface area contributed by atoms with Gasteiger partial charge in [-0.2, -0.15) is 0 Å². The summed E-state index contributed by atoms with van der Waals surface area (Å²) in [7, 11) is 0. The molecule has 3 unspecified atom stereocenters. The van der Waals surface area contributed by atoms with Crippen LogP contribution in [-0.4, -0.2) is 36.9 Å². The standard InChI is InChI=1S/C9H16N6/c1-5-3-11-4-7(5)14-9-13-6(2)12-8(10)15-9/h4-7H,3H2,1-2H3,(H4,10,12,13,14,15). The van der Waals surface area contributed by atoms with E-state index in [4.69, 9.17) is 5.73 Å². The summed E-state index contributed by atoms with van der Waals surface area (Å²) in [5, 5.41) is 6.16. The first kappa shape index (κ1) is 9.95. The molecule has 0 bridgehead atoms. The zero-order valence-corrected chi connectivity index (χ0v) is 8.94. The SMILES string of the molecule is CC1N=C(N)NC(NC2C=NCC2C)=N1. The van der Waals surface area contributed by atoms with Gasteiger partial charge in [0, 0.05) is 18.7 Å². The first-order valence-electron chi connectivity index (χ1n) is 5.10. The molecule has 0 amide bonds. The van der Waals surface area contributed by atoms with Crippen LogP contribution in [0.25, 0.3) is 0 Å². The summed E-state index contributed by atoms with van der Waals surface area (Å²) < 4.78 is 0. The summed E-state index contributed by atoms with van der Waals surface area (Å²) in [5.74, 6) is 1.58. The second-order valence-electron chi connectivity index (χ2n) is 3.91. The Hall–Kier alpha value is -1.59. The van der Waals surface area contributed by atoms with Crippen LogP contribution < -0.4 is 16.4 Å². The third kappa shape index (κ3) is 2.26. The maximum Gasteiger partial charge on any atom is 0.200 e. The minimum absolute atomic E-state index is 0.123. The van der Waals surface area contributed by atoms with Crippen molar-refractivity contribution in [2.24, 2.45) is 26.6 Å². The van der Waals surface area contributed by atoms with Gasteiger partial charge in [0.25, 0.3) is 0 Å². The highest BCUT2D eigenvalue weighted by Gasteiger charge is 2.22. The highest BCUT2D eigenvalue weighted by atomic mass is 15.3. The fourth-order valence-corrected chi connectivity index (χ4v) is 1.61. The van der Waals surface area contributed by atoms with Gasteiger partial charge < -0.3 is 11.1 Å². The molecule has 0 radical (unpaired) electrons. The van der Waals surface area contributed by atoms with Crippen LogP contribution >= 0.6 is 0 Å². The van der Waals surface area contributed by atoms with Crippen molar-refractivity contribution < 1.29 is 0 Å². The molecule has 6 heteroatoms. The summed E-state index contributed by atoms with van der Waals surface area (Å²) >= 11 is 0. The van der Waals surface area contributed by atoms with Gasteiger partial charge >= 0.3 is 0 Å². The van der Waals surface area contributed by atoms with Gasteiger partial charge in [0.1, 0.15) is 6.17 Å². The molecule has 2 heterocycles. The van der Waals surface area contributed by atoms with Gasteiger partial charge in [0.2, 0.25) is 5.96 Å². The molecule has 0 aromatic rings. The van der Waals surface area contributed by atoms with Crippen molar-refractivity contribution in [3.05, 3.63) is 0 Å². The first-order chi connectivity index (χ1) is 7.15. The van der Waals surface area contributed by atoms with Gasteiger partial charge in [0.15, 0.2) is 5.96 Å². The van der Waals surface area contributed by atoms with E-state index in [1.165, 1.54) is 0 Å². The van der Waals surface area contributed by atoms with Gasteiger partial charge in [-0.3, -0.25) is 10.3 Å². The van der Waals surface area contributed by atoms with E-state index in [1.807, 2.05) is 13.1 Å². The van der Waals surface area contributed by atoms with Crippen LogP contribution in [0.2, 0.25) is 0 Å². The number of hydrogen-bond donors (Lipinski definition) is 3. The molecule has 0 aliphatic carbocycles. The Morgan fingerprint density at radius 3 is 2.87 bits per heavy atom. The molecule has 2 aliphatic heterocycles. The molecule has 6 nitrogen and oxygen atoms in total. The minimum Gasteiger partial charge on any atom is -0.370 e. The van der Waals surface area contributed by atoms with Crippen LogP contribution in [0.3, 0.4) is 0 Å². The lowest BCUT2D eigenvalue weighted by Gasteiger charge is -2.22. The fourth-order valence-electron chi connectivity index (χ4n) is 1.61. The second kappa shape index (κ2) is 3.88. The molecule has 2 aliphatic rings. The predicted molar refractivity (Wildman–Crippen MR) is 61.1 cm³/mol. The molecule has 0 aromatic carbocycles. The van der Waals surface area contributed by atoms with E-state index in [-0.39, 0.29) is 12.2 Å². The molecule has 0 saturated carbocycles. The van der Waals surface area contributed by atoms with E-state index in [0.717, 1.165) is 6.54 Å². The maximum absolute atomic E-state index is 5.61. The van der Waals surface area contributed by atoms with Gasteiger partial charge in [-0.1, -0.05) is 6.92 Å². The van der Waals surface area contributed by atoms with Gasteiger partial charge in [-0.15, -0.1) is 0 Å². The number of nitrogens with two attached hydrogens (primary N) is 1. The molecule has 0 aromatic heterocycles. The summed E-state index contributed by atoms with van der Waals surface area (Å²) in [6.45, 7) is 4.90. The Kier molecular flexibility index (Phi) is 2.57. The molecular weight excluding hydrogens is 192 g/mol. The van der Waals surface area contributed by atoms with E-state index in [9.17, 15) is 0 Å². The van der Waals surface area contributed by atoms with Gasteiger partial charge in [0.05, 0.1) is 6.04 Å². The van der Waals surface area contributed by atoms with Crippen molar-refractivity contribution in [3.63, 3.8) is 0 Å². The predicted octanol–water partition coefficient (Wildman–Crippen LogP) is -0.715. The summed E-state index contributed by atoms with van der Waals surface area (Å²) in [6, 6.07) is 0.231. The lowest BCUT2D eigenvalue weighted by Crippen LogP contribution is -2.52. The number of hydrogen-bond acceptors (Lipinski definition) is 6. The Bertz CT molecular complexity index is 331. The van der Waals surface area contributed by atoms with Crippen LogP contribution in [0.15, 0.2) is 15.0 Å². The van der Waals surface area contributed by atoms with Crippen molar-refractivity contribution in [1.82, 2.24) is 10.6 Å². The van der Waals surface area contributed by atoms with Crippen LogP contribution in [0, 0.1) is 5.92 Å². The van der Waals surface area contributed by atoms with Crippen molar-refractivity contribution in [2.45, 2.75) is 26.1 Å². The molecule has 82 valence electrons. The van der Waals surface area contributed by atoms with Crippen LogP contribution in [0.1, 0.15) is 13.8 Å². The Balaban J connectivity index is 1.98. The Labute approximate surface area is 88.8 Å². The quantitative estimate of drug-likeness (QED) is 0.531. The van der Waals surface area contributed by atoms with Crippen LogP contribution in [0.5, 0.6) is 0 Å². The molecular formula is C9H16N6. The third-order valence-corrected chi connectivity index (χ3v) is 2.46. The Morgan fingerprint density at radius 1 is 1.47 bits per heavy atom. The highest BCUT2D eigenvalue weighted by Crippen LogP contribution is 2.08. The molecule has 4 N–H and O–H groups in total. The largest absolute Gasteiger partial charge is 0.370 e. The molecule has 3 atom stereocenters. The van der Waals surface area contributed by atoms with Crippen LogP contribution in [0.4, 0.5) is 0 Å². The summed E-state index contributed by atoms with van der Waals surface area (Å²) in [4.78, 5) is 12.6. The minimum atomic E-state index is -0.123. The summed E-state index contributed by atoms with van der Waals surface area (Å²) in [6.07, 6.45) is 1.80. The summed E-state index contributed by atoms with van der Waals surface area (Å²) in [5.41, 5.74) is 5.61. The Morgan fingerprint density at radius 2 is 2.27 bits per heavy atom. The fraction of sp³-hybridized carbons (Fsp3) is 0.667. The van der Waals surface area contributed by atoms with Gasteiger partial charge in [-0.05, 0) is 6.92 Å². The topological polar surface area (TPSA) is 87.2 Å². The van der Waals surface area contributed by atoms with E-state index in [1.54, 1.807) is 0 Å². The van der Waals surface area contributed by atoms with Crippen molar-refractivity contribution in [2.75, 3.05) is 6.54 Å². The van der Waals surface area contributed by atoms with E-state index >= 15 is 0 Å². The molecule has 0 spiro atoms. The lowest BCUT2D eigenvalue weighted by molar-refractivity contribution is 0.549.